The molecule has 0 atom stereocenters. The molecule has 2 aromatic heterocycles. The number of fused-ring (bicyclic) bond motifs is 2. The second-order valence-electron chi connectivity index (χ2n) is 7.41. The number of anilines is 1. The Morgan fingerprint density at radius 3 is 2.47 bits per heavy atom. The minimum absolute atomic E-state index is 0.138. The number of H-pyrrole nitrogens is 1. The third-order valence-electron chi connectivity index (χ3n) is 5.39. The van der Waals surface area contributed by atoms with Gasteiger partial charge in [-0.2, -0.15) is 0 Å². The third-order valence-corrected chi connectivity index (χ3v) is 5.39. The van der Waals surface area contributed by atoms with E-state index in [0.717, 1.165) is 15.3 Å². The molecule has 0 radical (unpaired) electrons. The van der Waals surface area contributed by atoms with Crippen molar-refractivity contribution in [3.63, 3.8) is 0 Å². The van der Waals surface area contributed by atoms with Gasteiger partial charge in [0.1, 0.15) is 11.3 Å². The smallest absolute Gasteiger partial charge is 0.333 e. The number of carbonyl (C=O) groups excluding carboxylic acids is 1. The van der Waals surface area contributed by atoms with Crippen molar-refractivity contribution < 1.29 is 9.18 Å². The lowest BCUT2D eigenvalue weighted by molar-refractivity contribution is 0.102. The molecule has 0 spiro atoms. The largest absolute Gasteiger partial charge is 0.344 e. The number of aryl methyl sites for hydroxylation is 1. The van der Waals surface area contributed by atoms with Crippen molar-refractivity contribution in [1.29, 1.82) is 0 Å². The van der Waals surface area contributed by atoms with Crippen LogP contribution in [0.2, 0.25) is 0 Å². The molecule has 3 aromatic carbocycles. The summed E-state index contributed by atoms with van der Waals surface area (Å²) in [6.45, 7) is 0. The minimum Gasteiger partial charge on any atom is -0.344 e. The Bertz CT molecular complexity index is 1620. The molecule has 2 heterocycles. The summed E-state index contributed by atoms with van der Waals surface area (Å²) in [6, 6.07) is 18.2. The molecule has 158 valence electrons. The van der Waals surface area contributed by atoms with Crippen LogP contribution < -0.4 is 16.6 Å². The van der Waals surface area contributed by atoms with Crippen molar-refractivity contribution in [1.82, 2.24) is 14.1 Å². The third kappa shape index (κ3) is 3.09. The molecule has 2 N–H and O–H groups in total. The van der Waals surface area contributed by atoms with Gasteiger partial charge in [-0.05, 0) is 35.7 Å². The first-order valence-corrected chi connectivity index (χ1v) is 9.83. The summed E-state index contributed by atoms with van der Waals surface area (Å²) in [5.41, 5.74) is -0.0392. The van der Waals surface area contributed by atoms with Crippen molar-refractivity contribution in [3.05, 3.63) is 105 Å². The van der Waals surface area contributed by atoms with Gasteiger partial charge in [0.2, 0.25) is 0 Å². The van der Waals surface area contributed by atoms with Crippen LogP contribution in [0.5, 0.6) is 0 Å². The van der Waals surface area contributed by atoms with Gasteiger partial charge in [0.05, 0.1) is 16.8 Å². The molecule has 0 aliphatic carbocycles. The van der Waals surface area contributed by atoms with Crippen LogP contribution >= 0.6 is 0 Å². The van der Waals surface area contributed by atoms with E-state index >= 15 is 0 Å². The molecule has 1 amide bonds. The van der Waals surface area contributed by atoms with Crippen LogP contribution in [0, 0.1) is 5.82 Å². The van der Waals surface area contributed by atoms with Crippen molar-refractivity contribution in [2.45, 2.75) is 0 Å². The van der Waals surface area contributed by atoms with Crippen molar-refractivity contribution in [2.24, 2.45) is 7.05 Å². The van der Waals surface area contributed by atoms with E-state index in [0.29, 0.717) is 5.69 Å². The van der Waals surface area contributed by atoms with Crippen LogP contribution in [-0.2, 0) is 7.05 Å². The number of halogens is 1. The second-order valence-corrected chi connectivity index (χ2v) is 7.41. The second kappa shape index (κ2) is 7.35. The van der Waals surface area contributed by atoms with Gasteiger partial charge < -0.3 is 14.9 Å². The monoisotopic (exact) mass is 428 g/mol. The fourth-order valence-corrected chi connectivity index (χ4v) is 3.89. The standard InChI is InChI=1S/C24H17FN4O3/c1-28-13-18(22(30)26-19-8-4-6-14-5-2-3-7-17(14)19)20-21(28)23(31)29(24(32)27-20)16-11-9-15(25)10-12-16/h2-13H,1H3,(H,26,30)(H,27,32). The van der Waals surface area contributed by atoms with Gasteiger partial charge in [0.15, 0.2) is 0 Å². The summed E-state index contributed by atoms with van der Waals surface area (Å²) in [5.74, 6) is -0.938. The van der Waals surface area contributed by atoms with E-state index in [1.165, 1.54) is 35.0 Å². The maximum Gasteiger partial charge on any atom is 0.333 e. The predicted octanol–water partition coefficient (Wildman–Crippen LogP) is 3.56. The molecule has 32 heavy (non-hydrogen) atoms. The number of rotatable bonds is 3. The molecule has 0 aliphatic heterocycles. The number of nitrogens with one attached hydrogen (secondary N) is 2. The Morgan fingerprint density at radius 1 is 0.969 bits per heavy atom. The summed E-state index contributed by atoms with van der Waals surface area (Å²) in [4.78, 5) is 41.6. The Hall–Kier alpha value is -4.46. The van der Waals surface area contributed by atoms with Gasteiger partial charge >= 0.3 is 5.69 Å². The quantitative estimate of drug-likeness (QED) is 0.461. The minimum atomic E-state index is -0.723. The first kappa shape index (κ1) is 19.5. The lowest BCUT2D eigenvalue weighted by Crippen LogP contribution is -2.34. The molecule has 0 saturated heterocycles. The zero-order valence-corrected chi connectivity index (χ0v) is 16.9. The average molecular weight is 428 g/mol. The van der Waals surface area contributed by atoms with E-state index in [1.54, 1.807) is 13.1 Å². The number of aromatic nitrogens is 3. The van der Waals surface area contributed by atoms with Crippen LogP contribution in [0.15, 0.2) is 82.5 Å². The van der Waals surface area contributed by atoms with Gasteiger partial charge in [-0.3, -0.25) is 9.59 Å². The maximum absolute atomic E-state index is 13.3. The number of benzene rings is 3. The van der Waals surface area contributed by atoms with Gasteiger partial charge in [0, 0.05) is 24.3 Å². The summed E-state index contributed by atoms with van der Waals surface area (Å²) < 4.78 is 15.7. The Kier molecular flexibility index (Phi) is 4.48. The van der Waals surface area contributed by atoms with Crippen molar-refractivity contribution >= 4 is 33.4 Å². The van der Waals surface area contributed by atoms with E-state index in [1.807, 2.05) is 36.4 Å². The van der Waals surface area contributed by atoms with Gasteiger partial charge in [-0.1, -0.05) is 36.4 Å². The molecule has 5 aromatic rings. The van der Waals surface area contributed by atoms with Crippen LogP contribution in [0.25, 0.3) is 27.5 Å². The molecule has 5 rings (SSSR count). The van der Waals surface area contributed by atoms with E-state index in [2.05, 4.69) is 10.3 Å². The zero-order valence-electron chi connectivity index (χ0n) is 16.9. The highest BCUT2D eigenvalue weighted by Crippen LogP contribution is 2.24. The molecule has 0 bridgehead atoms. The fourth-order valence-electron chi connectivity index (χ4n) is 3.89. The van der Waals surface area contributed by atoms with E-state index in [-0.39, 0.29) is 22.3 Å². The normalized spacial score (nSPS) is 11.2. The molecule has 0 unspecified atom stereocenters. The Morgan fingerprint density at radius 2 is 1.69 bits per heavy atom. The number of amides is 1. The average Bonchev–Trinajstić information content (AvgIpc) is 3.11. The SMILES string of the molecule is Cn1cc(C(=O)Nc2cccc3ccccc23)c2[nH]c(=O)n(-c3ccc(F)cc3)c(=O)c21. The zero-order chi connectivity index (χ0) is 22.4. The van der Waals surface area contributed by atoms with Crippen molar-refractivity contribution in [2.75, 3.05) is 5.32 Å². The van der Waals surface area contributed by atoms with E-state index in [4.69, 9.17) is 0 Å². The topological polar surface area (TPSA) is 88.9 Å². The molecule has 0 saturated carbocycles. The highest BCUT2D eigenvalue weighted by Gasteiger charge is 2.20. The van der Waals surface area contributed by atoms with Crippen LogP contribution in [-0.4, -0.2) is 20.0 Å². The highest BCUT2D eigenvalue weighted by atomic mass is 19.1. The molecular formula is C24H17FN4O3. The molecular weight excluding hydrogens is 411 g/mol. The number of hydrogen-bond donors (Lipinski definition) is 2. The molecule has 7 nitrogen and oxygen atoms in total. The van der Waals surface area contributed by atoms with Gasteiger partial charge in [0.25, 0.3) is 11.5 Å². The fraction of sp³-hybridized carbons (Fsp3) is 0.0417. The number of hydrogen-bond acceptors (Lipinski definition) is 3. The summed E-state index contributed by atoms with van der Waals surface area (Å²) in [5, 5.41) is 4.72. The Labute approximate surface area is 180 Å². The summed E-state index contributed by atoms with van der Waals surface area (Å²) >= 11 is 0. The Balaban J connectivity index is 1.63. The molecule has 8 heteroatoms. The first-order chi connectivity index (χ1) is 15.4. The number of nitrogens with zero attached hydrogens (tertiary/aromatic N) is 2. The highest BCUT2D eigenvalue weighted by molar-refractivity contribution is 6.14. The maximum atomic E-state index is 13.3. The van der Waals surface area contributed by atoms with E-state index < -0.39 is 23.0 Å². The summed E-state index contributed by atoms with van der Waals surface area (Å²) in [7, 11) is 1.62. The predicted molar refractivity (Wildman–Crippen MR) is 121 cm³/mol. The lowest BCUT2D eigenvalue weighted by Gasteiger charge is -2.08. The van der Waals surface area contributed by atoms with Crippen LogP contribution in [0.3, 0.4) is 0 Å². The summed E-state index contributed by atoms with van der Waals surface area (Å²) in [6.07, 6.45) is 1.50. The van der Waals surface area contributed by atoms with Gasteiger partial charge in [-0.15, -0.1) is 0 Å². The molecule has 0 aliphatic rings. The first-order valence-electron chi connectivity index (χ1n) is 9.83. The number of aromatic amines is 1. The van der Waals surface area contributed by atoms with Crippen LogP contribution in [0.1, 0.15) is 10.4 Å². The van der Waals surface area contributed by atoms with Crippen molar-refractivity contribution in [3.8, 4) is 5.69 Å². The molecule has 0 fully saturated rings. The van der Waals surface area contributed by atoms with E-state index in [9.17, 15) is 18.8 Å². The van der Waals surface area contributed by atoms with Crippen LogP contribution in [0.4, 0.5) is 10.1 Å². The lowest BCUT2D eigenvalue weighted by atomic mass is 10.1. The number of carbonyl (C=O) groups is 1. The van der Waals surface area contributed by atoms with Gasteiger partial charge in [-0.25, -0.2) is 13.8 Å².